The van der Waals surface area contributed by atoms with Gasteiger partial charge in [-0.1, -0.05) is 46.3 Å². The lowest BCUT2D eigenvalue weighted by Crippen LogP contribution is -2.28. The van der Waals surface area contributed by atoms with Crippen LogP contribution in [0.5, 0.6) is 0 Å². The molecule has 0 bridgehead atoms. The summed E-state index contributed by atoms with van der Waals surface area (Å²) in [6, 6.07) is 16.2. The highest BCUT2D eigenvalue weighted by Gasteiger charge is 2.15. The Balaban J connectivity index is 1.91. The molecule has 4 nitrogen and oxygen atoms in total. The molecule has 2 N–H and O–H groups in total. The molecule has 1 atom stereocenters. The molecule has 0 aliphatic carbocycles. The van der Waals surface area contributed by atoms with E-state index < -0.39 is 0 Å². The number of pyridine rings is 1. The zero-order valence-electron chi connectivity index (χ0n) is 12.5. The summed E-state index contributed by atoms with van der Waals surface area (Å²) < 4.78 is 0.986. The molecule has 0 saturated carbocycles. The smallest absolute Gasteiger partial charge is 0.252 e. The minimum Gasteiger partial charge on any atom is -0.345 e. The topological polar surface area (TPSA) is 62.0 Å². The Morgan fingerprint density at radius 2 is 1.83 bits per heavy atom. The first-order valence-corrected chi connectivity index (χ1v) is 8.02. The molecular formula is C18H15BrN2O2. The van der Waals surface area contributed by atoms with Crippen LogP contribution in [0.25, 0.3) is 10.9 Å². The molecule has 0 unspecified atom stereocenters. The van der Waals surface area contributed by atoms with Gasteiger partial charge in [-0.05, 0) is 30.7 Å². The number of aromatic nitrogens is 1. The van der Waals surface area contributed by atoms with Crippen molar-refractivity contribution < 1.29 is 4.79 Å². The largest absolute Gasteiger partial charge is 0.345 e. The van der Waals surface area contributed by atoms with Gasteiger partial charge in [-0.25, -0.2) is 0 Å². The molecule has 1 heterocycles. The average molecular weight is 371 g/mol. The summed E-state index contributed by atoms with van der Waals surface area (Å²) in [5.41, 5.74) is 1.75. The van der Waals surface area contributed by atoms with Crippen molar-refractivity contribution in [3.8, 4) is 0 Å². The molecule has 0 saturated heterocycles. The third kappa shape index (κ3) is 3.35. The summed E-state index contributed by atoms with van der Waals surface area (Å²) in [5, 5.41) is 3.67. The van der Waals surface area contributed by atoms with Gasteiger partial charge in [0.15, 0.2) is 0 Å². The number of carbonyl (C=O) groups is 1. The first-order valence-electron chi connectivity index (χ1n) is 7.23. The highest BCUT2D eigenvalue weighted by atomic mass is 79.9. The van der Waals surface area contributed by atoms with E-state index in [1.165, 1.54) is 6.07 Å². The number of H-pyrrole nitrogens is 1. The van der Waals surface area contributed by atoms with Gasteiger partial charge in [-0.15, -0.1) is 0 Å². The van der Waals surface area contributed by atoms with E-state index in [1.54, 1.807) is 6.07 Å². The van der Waals surface area contributed by atoms with Crippen molar-refractivity contribution in [3.05, 3.63) is 80.6 Å². The van der Waals surface area contributed by atoms with E-state index in [9.17, 15) is 9.59 Å². The lowest BCUT2D eigenvalue weighted by atomic mass is 10.1. The van der Waals surface area contributed by atoms with E-state index in [4.69, 9.17) is 0 Å². The molecule has 1 amide bonds. The fraction of sp³-hybridized carbons (Fsp3) is 0.111. The summed E-state index contributed by atoms with van der Waals surface area (Å²) in [6.07, 6.45) is 0. The SMILES string of the molecule is C[C@H](NC(=O)c1cc(=O)[nH]c2ccccc12)c1ccc(Br)cc1. The number of fused-ring (bicyclic) bond motifs is 1. The number of amides is 1. The second-order valence-electron chi connectivity index (χ2n) is 5.34. The molecule has 0 aliphatic heterocycles. The van der Waals surface area contributed by atoms with Crippen molar-refractivity contribution in [1.29, 1.82) is 0 Å². The molecule has 0 fully saturated rings. The minimum absolute atomic E-state index is 0.159. The predicted octanol–water partition coefficient (Wildman–Crippen LogP) is 3.78. The lowest BCUT2D eigenvalue weighted by Gasteiger charge is -2.15. The van der Waals surface area contributed by atoms with E-state index in [-0.39, 0.29) is 17.5 Å². The van der Waals surface area contributed by atoms with Crippen LogP contribution in [-0.2, 0) is 0 Å². The van der Waals surface area contributed by atoms with Crippen LogP contribution in [0.15, 0.2) is 63.9 Å². The van der Waals surface area contributed by atoms with Gasteiger partial charge in [0.25, 0.3) is 5.91 Å². The maximum Gasteiger partial charge on any atom is 0.252 e. The highest BCUT2D eigenvalue weighted by molar-refractivity contribution is 9.10. The summed E-state index contributed by atoms with van der Waals surface area (Å²) in [6.45, 7) is 1.91. The Labute approximate surface area is 141 Å². The highest BCUT2D eigenvalue weighted by Crippen LogP contribution is 2.19. The number of halogens is 1. The van der Waals surface area contributed by atoms with Crippen molar-refractivity contribution in [2.45, 2.75) is 13.0 Å². The molecule has 1 aromatic heterocycles. The van der Waals surface area contributed by atoms with Crippen LogP contribution in [0, 0.1) is 0 Å². The molecule has 2 aromatic carbocycles. The van der Waals surface area contributed by atoms with Gasteiger partial charge in [0.1, 0.15) is 0 Å². The van der Waals surface area contributed by atoms with E-state index in [0.29, 0.717) is 11.1 Å². The number of hydrogen-bond acceptors (Lipinski definition) is 2. The Bertz CT molecular complexity index is 916. The Kier molecular flexibility index (Phi) is 4.30. The van der Waals surface area contributed by atoms with E-state index in [0.717, 1.165) is 15.4 Å². The minimum atomic E-state index is -0.287. The summed E-state index contributed by atoms with van der Waals surface area (Å²) in [4.78, 5) is 27.1. The van der Waals surface area contributed by atoms with Crippen molar-refractivity contribution in [2.24, 2.45) is 0 Å². The molecule has 5 heteroatoms. The average Bonchev–Trinajstić information content (AvgIpc) is 2.54. The summed E-state index contributed by atoms with van der Waals surface area (Å²) in [7, 11) is 0. The van der Waals surface area contributed by atoms with Gasteiger partial charge in [-0.3, -0.25) is 9.59 Å². The van der Waals surface area contributed by atoms with Crippen LogP contribution in [0.4, 0.5) is 0 Å². The number of aromatic amines is 1. The molecule has 116 valence electrons. The second kappa shape index (κ2) is 6.38. The number of nitrogens with one attached hydrogen (secondary N) is 2. The fourth-order valence-electron chi connectivity index (χ4n) is 2.50. The van der Waals surface area contributed by atoms with Crippen LogP contribution in [0.1, 0.15) is 28.9 Å². The van der Waals surface area contributed by atoms with Crippen LogP contribution < -0.4 is 10.9 Å². The first kappa shape index (κ1) is 15.5. The standard InChI is InChI=1S/C18H15BrN2O2/c1-11(12-6-8-13(19)9-7-12)20-18(23)15-10-17(22)21-16-5-3-2-4-14(15)16/h2-11H,1H3,(H,20,23)(H,21,22)/t11-/m0/s1. The van der Waals surface area contributed by atoms with E-state index >= 15 is 0 Å². The van der Waals surface area contributed by atoms with Gasteiger partial charge in [0.05, 0.1) is 11.6 Å². The normalized spacial score (nSPS) is 12.1. The zero-order valence-corrected chi connectivity index (χ0v) is 14.1. The molecular weight excluding hydrogens is 356 g/mol. The number of rotatable bonds is 3. The number of hydrogen-bond donors (Lipinski definition) is 2. The predicted molar refractivity (Wildman–Crippen MR) is 94.6 cm³/mol. The van der Waals surface area contributed by atoms with Crippen molar-refractivity contribution >= 4 is 32.7 Å². The van der Waals surface area contributed by atoms with Crippen molar-refractivity contribution in [3.63, 3.8) is 0 Å². The van der Waals surface area contributed by atoms with Gasteiger partial charge in [-0.2, -0.15) is 0 Å². The second-order valence-corrected chi connectivity index (χ2v) is 6.26. The van der Waals surface area contributed by atoms with Crippen LogP contribution in [-0.4, -0.2) is 10.9 Å². The third-order valence-corrected chi connectivity index (χ3v) is 4.24. The van der Waals surface area contributed by atoms with Crippen LogP contribution in [0.3, 0.4) is 0 Å². The van der Waals surface area contributed by atoms with Crippen LogP contribution >= 0.6 is 15.9 Å². The number of benzene rings is 2. The Hall–Kier alpha value is -2.40. The van der Waals surface area contributed by atoms with Gasteiger partial charge in [0.2, 0.25) is 5.56 Å². The van der Waals surface area contributed by atoms with Crippen molar-refractivity contribution in [2.75, 3.05) is 0 Å². The molecule has 23 heavy (non-hydrogen) atoms. The Morgan fingerprint density at radius 1 is 1.13 bits per heavy atom. The molecule has 0 aliphatic rings. The van der Waals surface area contributed by atoms with E-state index in [2.05, 4.69) is 26.2 Å². The number of para-hydroxylation sites is 1. The summed E-state index contributed by atoms with van der Waals surface area (Å²) in [5.74, 6) is -0.261. The Morgan fingerprint density at radius 3 is 2.57 bits per heavy atom. The van der Waals surface area contributed by atoms with E-state index in [1.807, 2.05) is 49.4 Å². The lowest BCUT2D eigenvalue weighted by molar-refractivity contribution is 0.0941. The maximum atomic E-state index is 12.6. The van der Waals surface area contributed by atoms with Gasteiger partial charge < -0.3 is 10.3 Å². The quantitative estimate of drug-likeness (QED) is 0.736. The maximum absolute atomic E-state index is 12.6. The third-order valence-electron chi connectivity index (χ3n) is 3.71. The molecule has 0 radical (unpaired) electrons. The zero-order chi connectivity index (χ0) is 16.4. The van der Waals surface area contributed by atoms with Crippen molar-refractivity contribution in [1.82, 2.24) is 10.3 Å². The monoisotopic (exact) mass is 370 g/mol. The number of carbonyl (C=O) groups excluding carboxylic acids is 1. The van der Waals surface area contributed by atoms with Gasteiger partial charge in [0, 0.05) is 21.4 Å². The fourth-order valence-corrected chi connectivity index (χ4v) is 2.77. The van der Waals surface area contributed by atoms with Gasteiger partial charge >= 0.3 is 0 Å². The molecule has 3 aromatic rings. The molecule has 3 rings (SSSR count). The summed E-state index contributed by atoms with van der Waals surface area (Å²) >= 11 is 3.39. The first-order chi connectivity index (χ1) is 11.0. The van der Waals surface area contributed by atoms with Crippen LogP contribution in [0.2, 0.25) is 0 Å². The molecule has 0 spiro atoms.